The Morgan fingerprint density at radius 3 is 2.93 bits per heavy atom. The average molecular weight is 195 g/mol. The molecule has 1 aromatic carbocycles. The van der Waals surface area contributed by atoms with Crippen LogP contribution in [-0.4, -0.2) is 24.9 Å². The van der Waals surface area contributed by atoms with Crippen LogP contribution in [0.15, 0.2) is 24.3 Å². The molecule has 0 saturated heterocycles. The van der Waals surface area contributed by atoms with Gasteiger partial charge in [-0.2, -0.15) is 0 Å². The molecule has 0 saturated carbocycles. The Hall–Kier alpha value is -1.06. The van der Waals surface area contributed by atoms with E-state index >= 15 is 0 Å². The van der Waals surface area contributed by atoms with Crippen molar-refractivity contribution >= 4 is 5.69 Å². The fourth-order valence-electron chi connectivity index (χ4n) is 1.20. The number of aliphatic hydroxyl groups is 1. The molecule has 14 heavy (non-hydrogen) atoms. The molecule has 1 rings (SSSR count). The lowest BCUT2D eigenvalue weighted by Gasteiger charge is -2.09. The number of rotatable bonds is 5. The minimum atomic E-state index is -0.332. The molecule has 0 aromatic heterocycles. The summed E-state index contributed by atoms with van der Waals surface area (Å²) >= 11 is 0. The van der Waals surface area contributed by atoms with Crippen LogP contribution < -0.4 is 5.32 Å². The van der Waals surface area contributed by atoms with Gasteiger partial charge in [-0.05, 0) is 24.6 Å². The van der Waals surface area contributed by atoms with Gasteiger partial charge in [-0.3, -0.25) is 0 Å². The van der Waals surface area contributed by atoms with E-state index in [1.165, 1.54) is 0 Å². The Kier molecular flexibility index (Phi) is 4.43. The van der Waals surface area contributed by atoms with E-state index in [0.29, 0.717) is 13.2 Å². The molecule has 2 N–H and O–H groups in total. The summed E-state index contributed by atoms with van der Waals surface area (Å²) in [5.74, 6) is 0. The molecular weight excluding hydrogens is 178 g/mol. The molecule has 0 bridgehead atoms. The molecule has 0 aliphatic heterocycles. The Morgan fingerprint density at radius 1 is 1.50 bits per heavy atom. The van der Waals surface area contributed by atoms with Crippen molar-refractivity contribution in [1.29, 1.82) is 0 Å². The summed E-state index contributed by atoms with van der Waals surface area (Å²) in [6.07, 6.45) is -0.332. The summed E-state index contributed by atoms with van der Waals surface area (Å²) in [5.41, 5.74) is 2.14. The maximum absolute atomic E-state index is 9.10. The highest BCUT2D eigenvalue weighted by atomic mass is 16.5. The Bertz CT molecular complexity index is 274. The maximum Gasteiger partial charge on any atom is 0.0713 e. The predicted octanol–water partition coefficient (Wildman–Crippen LogP) is 1.63. The third kappa shape index (κ3) is 3.77. The first-order chi connectivity index (χ1) is 6.72. The molecule has 1 atom stereocenters. The summed E-state index contributed by atoms with van der Waals surface area (Å²) in [5, 5.41) is 12.2. The summed E-state index contributed by atoms with van der Waals surface area (Å²) < 4.78 is 5.03. The first kappa shape index (κ1) is 11.0. The molecular formula is C11H17NO2. The molecule has 0 radical (unpaired) electrons. The molecule has 0 fully saturated rings. The van der Waals surface area contributed by atoms with E-state index in [0.717, 1.165) is 11.3 Å². The highest BCUT2D eigenvalue weighted by Gasteiger charge is 1.97. The first-order valence-corrected chi connectivity index (χ1v) is 4.72. The van der Waals surface area contributed by atoms with Crippen molar-refractivity contribution in [3.63, 3.8) is 0 Å². The summed E-state index contributed by atoms with van der Waals surface area (Å²) in [7, 11) is 1.68. The van der Waals surface area contributed by atoms with Crippen molar-refractivity contribution in [1.82, 2.24) is 0 Å². The van der Waals surface area contributed by atoms with Crippen LogP contribution in [0.3, 0.4) is 0 Å². The van der Waals surface area contributed by atoms with Gasteiger partial charge in [-0.25, -0.2) is 0 Å². The minimum Gasteiger partial charge on any atom is -0.392 e. The molecule has 0 spiro atoms. The summed E-state index contributed by atoms with van der Waals surface area (Å²) in [4.78, 5) is 0. The van der Waals surface area contributed by atoms with Crippen LogP contribution in [-0.2, 0) is 11.3 Å². The van der Waals surface area contributed by atoms with E-state index in [1.807, 2.05) is 24.3 Å². The van der Waals surface area contributed by atoms with E-state index in [1.54, 1.807) is 14.0 Å². The predicted molar refractivity (Wildman–Crippen MR) is 57.3 cm³/mol. The number of benzene rings is 1. The van der Waals surface area contributed by atoms with Crippen molar-refractivity contribution in [2.24, 2.45) is 0 Å². The molecule has 0 unspecified atom stereocenters. The van der Waals surface area contributed by atoms with Crippen molar-refractivity contribution in [3.05, 3.63) is 29.8 Å². The lowest BCUT2D eigenvalue weighted by molar-refractivity contribution is 0.185. The number of aliphatic hydroxyl groups excluding tert-OH is 1. The van der Waals surface area contributed by atoms with Gasteiger partial charge >= 0.3 is 0 Å². The van der Waals surface area contributed by atoms with Gasteiger partial charge in [0, 0.05) is 19.3 Å². The number of anilines is 1. The average Bonchev–Trinajstić information content (AvgIpc) is 2.16. The molecule has 1 aromatic rings. The van der Waals surface area contributed by atoms with E-state index in [-0.39, 0.29) is 6.10 Å². The van der Waals surface area contributed by atoms with Crippen LogP contribution in [0.4, 0.5) is 5.69 Å². The third-order valence-corrected chi connectivity index (χ3v) is 1.84. The maximum atomic E-state index is 9.10. The van der Waals surface area contributed by atoms with Crippen molar-refractivity contribution < 1.29 is 9.84 Å². The molecule has 0 amide bonds. The zero-order valence-corrected chi connectivity index (χ0v) is 8.66. The number of methoxy groups -OCH3 is 1. The first-order valence-electron chi connectivity index (χ1n) is 4.72. The minimum absolute atomic E-state index is 0.332. The van der Waals surface area contributed by atoms with Gasteiger partial charge in [0.2, 0.25) is 0 Å². The van der Waals surface area contributed by atoms with Crippen LogP contribution in [0, 0.1) is 0 Å². The number of nitrogens with one attached hydrogen (secondary N) is 1. The van der Waals surface area contributed by atoms with Crippen LogP contribution in [0.5, 0.6) is 0 Å². The Morgan fingerprint density at radius 2 is 2.29 bits per heavy atom. The number of hydrogen-bond acceptors (Lipinski definition) is 3. The van der Waals surface area contributed by atoms with Crippen molar-refractivity contribution in [3.8, 4) is 0 Å². The Labute approximate surface area is 84.7 Å². The Balaban J connectivity index is 2.54. The zero-order valence-electron chi connectivity index (χ0n) is 8.66. The van der Waals surface area contributed by atoms with Crippen molar-refractivity contribution in [2.45, 2.75) is 19.6 Å². The molecule has 0 heterocycles. The standard InChI is InChI=1S/C11H17NO2/c1-9(13)7-12-11-5-3-4-10(6-11)8-14-2/h3-6,9,12-13H,7-8H2,1-2H3/t9-/m0/s1. The van der Waals surface area contributed by atoms with Gasteiger partial charge < -0.3 is 15.2 Å². The highest BCUT2D eigenvalue weighted by Crippen LogP contribution is 2.11. The van der Waals surface area contributed by atoms with E-state index in [4.69, 9.17) is 9.84 Å². The molecule has 78 valence electrons. The number of hydrogen-bond donors (Lipinski definition) is 2. The molecule has 0 aliphatic carbocycles. The van der Waals surface area contributed by atoms with Gasteiger partial charge in [0.25, 0.3) is 0 Å². The normalized spacial score (nSPS) is 12.5. The monoisotopic (exact) mass is 195 g/mol. The van der Waals surface area contributed by atoms with Crippen LogP contribution in [0.2, 0.25) is 0 Å². The fraction of sp³-hybridized carbons (Fsp3) is 0.455. The second kappa shape index (κ2) is 5.62. The van der Waals surface area contributed by atoms with Gasteiger partial charge in [0.15, 0.2) is 0 Å². The van der Waals surface area contributed by atoms with Gasteiger partial charge in [-0.15, -0.1) is 0 Å². The van der Waals surface area contributed by atoms with Gasteiger partial charge in [-0.1, -0.05) is 12.1 Å². The fourth-order valence-corrected chi connectivity index (χ4v) is 1.20. The molecule has 3 heteroatoms. The van der Waals surface area contributed by atoms with Crippen molar-refractivity contribution in [2.75, 3.05) is 19.0 Å². The second-order valence-corrected chi connectivity index (χ2v) is 3.36. The van der Waals surface area contributed by atoms with Crippen LogP contribution >= 0.6 is 0 Å². The van der Waals surface area contributed by atoms with E-state index < -0.39 is 0 Å². The smallest absolute Gasteiger partial charge is 0.0713 e. The highest BCUT2D eigenvalue weighted by molar-refractivity contribution is 5.45. The van der Waals surface area contributed by atoms with E-state index in [2.05, 4.69) is 5.32 Å². The third-order valence-electron chi connectivity index (χ3n) is 1.84. The van der Waals surface area contributed by atoms with Crippen LogP contribution in [0.1, 0.15) is 12.5 Å². The molecule has 0 aliphatic rings. The van der Waals surface area contributed by atoms with Crippen LogP contribution in [0.25, 0.3) is 0 Å². The quantitative estimate of drug-likeness (QED) is 0.750. The summed E-state index contributed by atoms with van der Waals surface area (Å²) in [6, 6.07) is 7.98. The number of ether oxygens (including phenoxy) is 1. The molecule has 3 nitrogen and oxygen atoms in total. The van der Waals surface area contributed by atoms with Gasteiger partial charge in [0.05, 0.1) is 12.7 Å². The lowest BCUT2D eigenvalue weighted by Crippen LogP contribution is -2.15. The SMILES string of the molecule is COCc1cccc(NC[C@H](C)O)c1. The van der Waals surface area contributed by atoms with Gasteiger partial charge in [0.1, 0.15) is 0 Å². The zero-order chi connectivity index (χ0) is 10.4. The van der Waals surface area contributed by atoms with E-state index in [9.17, 15) is 0 Å². The summed E-state index contributed by atoms with van der Waals surface area (Å²) in [6.45, 7) is 2.94. The topological polar surface area (TPSA) is 41.5 Å². The second-order valence-electron chi connectivity index (χ2n) is 3.36. The lowest BCUT2D eigenvalue weighted by atomic mass is 10.2. The largest absolute Gasteiger partial charge is 0.392 e.